The molecule has 0 spiro atoms. The average molecular weight is 332 g/mol. The second kappa shape index (κ2) is 6.19. The lowest BCUT2D eigenvalue weighted by molar-refractivity contribution is 0.0520. The molecule has 2 aromatic rings. The van der Waals surface area contributed by atoms with Gasteiger partial charge in [0.25, 0.3) is 0 Å². The lowest BCUT2D eigenvalue weighted by Crippen LogP contribution is -2.28. The number of hydrogen-bond donors (Lipinski definition) is 0. The van der Waals surface area contributed by atoms with E-state index in [1.807, 2.05) is 0 Å². The lowest BCUT2D eigenvalue weighted by Gasteiger charge is -2.22. The molecule has 0 radical (unpaired) electrons. The van der Waals surface area contributed by atoms with Crippen LogP contribution in [0.3, 0.4) is 0 Å². The van der Waals surface area contributed by atoms with Gasteiger partial charge in [0.05, 0.1) is 11.4 Å². The number of nitrogens with zero attached hydrogens (tertiary/aromatic N) is 2. The van der Waals surface area contributed by atoms with Crippen LogP contribution in [0.5, 0.6) is 0 Å². The van der Waals surface area contributed by atoms with Gasteiger partial charge in [-0.05, 0) is 65.8 Å². The minimum absolute atomic E-state index is 0.501. The van der Waals surface area contributed by atoms with Crippen molar-refractivity contribution in [3.8, 4) is 11.4 Å². The van der Waals surface area contributed by atoms with Gasteiger partial charge in [0.1, 0.15) is 11.2 Å². The number of hydrogen-bond acceptors (Lipinski definition) is 4. The predicted molar refractivity (Wildman–Crippen MR) is 91.1 cm³/mol. The Bertz CT molecular complexity index is 677. The van der Waals surface area contributed by atoms with E-state index in [1.54, 1.807) is 78.2 Å². The fourth-order valence-electron chi connectivity index (χ4n) is 2.12. The summed E-state index contributed by atoms with van der Waals surface area (Å²) in [6.45, 7) is 10.8. The summed E-state index contributed by atoms with van der Waals surface area (Å²) in [5, 5.41) is 0. The van der Waals surface area contributed by atoms with Gasteiger partial charge in [-0.1, -0.05) is 0 Å². The van der Waals surface area contributed by atoms with Gasteiger partial charge in [0.2, 0.25) is 0 Å². The molecule has 0 bridgehead atoms. The van der Waals surface area contributed by atoms with Crippen molar-refractivity contribution in [2.75, 3.05) is 0 Å². The van der Waals surface area contributed by atoms with Gasteiger partial charge in [0, 0.05) is 12.4 Å². The Hall–Kier alpha value is -2.50. The van der Waals surface area contributed by atoms with E-state index in [1.165, 1.54) is 9.13 Å². The standard InChI is InChI=1S/C18H24N2O4/c1-17(2,3)23-15(21)19-11-7-9-13(19)14-10-8-12-20(14)16(22)24-18(4,5)6/h7-12H,1-6H3. The van der Waals surface area contributed by atoms with E-state index in [9.17, 15) is 9.59 Å². The van der Waals surface area contributed by atoms with E-state index >= 15 is 0 Å². The first-order valence-corrected chi connectivity index (χ1v) is 7.80. The molecule has 0 saturated heterocycles. The summed E-state index contributed by atoms with van der Waals surface area (Å²) in [5.41, 5.74) is -0.0994. The first kappa shape index (κ1) is 17.8. The normalized spacial score (nSPS) is 12.1. The number of ether oxygens (including phenoxy) is 2. The highest BCUT2D eigenvalue weighted by Gasteiger charge is 2.23. The fourth-order valence-corrected chi connectivity index (χ4v) is 2.12. The molecule has 0 fully saturated rings. The molecule has 0 aliphatic carbocycles. The van der Waals surface area contributed by atoms with Crippen molar-refractivity contribution in [2.45, 2.75) is 52.7 Å². The van der Waals surface area contributed by atoms with Crippen LogP contribution in [0.15, 0.2) is 36.7 Å². The zero-order valence-corrected chi connectivity index (χ0v) is 15.0. The molecule has 6 nitrogen and oxygen atoms in total. The molecule has 2 aromatic heterocycles. The van der Waals surface area contributed by atoms with Gasteiger partial charge in [-0.15, -0.1) is 0 Å². The van der Waals surface area contributed by atoms with Gasteiger partial charge in [-0.25, -0.2) is 9.59 Å². The topological polar surface area (TPSA) is 62.5 Å². The second-order valence-electron chi connectivity index (χ2n) is 7.49. The molecular weight excluding hydrogens is 308 g/mol. The highest BCUT2D eigenvalue weighted by Crippen LogP contribution is 2.23. The van der Waals surface area contributed by atoms with Crippen molar-refractivity contribution in [1.29, 1.82) is 0 Å². The van der Waals surface area contributed by atoms with Crippen LogP contribution in [0.4, 0.5) is 9.59 Å². The SMILES string of the molecule is CC(C)(C)OC(=O)n1cccc1-c1cccn1C(=O)OC(C)(C)C. The summed E-state index contributed by atoms with van der Waals surface area (Å²) in [6, 6.07) is 6.96. The third-order valence-corrected chi connectivity index (χ3v) is 2.94. The van der Waals surface area contributed by atoms with Crippen molar-refractivity contribution in [3.05, 3.63) is 36.7 Å². The molecule has 6 heteroatoms. The lowest BCUT2D eigenvalue weighted by atomic mass is 10.2. The summed E-state index contributed by atoms with van der Waals surface area (Å²) in [6.07, 6.45) is 2.21. The van der Waals surface area contributed by atoms with Crippen LogP contribution in [0.25, 0.3) is 11.4 Å². The largest absolute Gasteiger partial charge is 0.443 e. The molecule has 0 aromatic carbocycles. The maximum atomic E-state index is 12.4. The third-order valence-electron chi connectivity index (χ3n) is 2.94. The monoisotopic (exact) mass is 332 g/mol. The molecule has 0 atom stereocenters. The first-order chi connectivity index (χ1) is 11.0. The minimum Gasteiger partial charge on any atom is -0.443 e. The summed E-state index contributed by atoms with van der Waals surface area (Å²) < 4.78 is 13.6. The Morgan fingerprint density at radius 2 is 1.08 bits per heavy atom. The van der Waals surface area contributed by atoms with E-state index in [0.29, 0.717) is 11.4 Å². The van der Waals surface area contributed by atoms with Gasteiger partial charge < -0.3 is 9.47 Å². The Kier molecular flexibility index (Phi) is 4.60. The van der Waals surface area contributed by atoms with Crippen molar-refractivity contribution in [1.82, 2.24) is 9.13 Å². The van der Waals surface area contributed by atoms with Crippen LogP contribution in [-0.2, 0) is 9.47 Å². The van der Waals surface area contributed by atoms with Gasteiger partial charge in [-0.3, -0.25) is 9.13 Å². The van der Waals surface area contributed by atoms with Crippen molar-refractivity contribution in [3.63, 3.8) is 0 Å². The zero-order valence-electron chi connectivity index (χ0n) is 15.0. The molecule has 0 aliphatic rings. The van der Waals surface area contributed by atoms with Crippen molar-refractivity contribution >= 4 is 12.2 Å². The minimum atomic E-state index is -0.605. The molecule has 130 valence electrons. The van der Waals surface area contributed by atoms with Gasteiger partial charge in [-0.2, -0.15) is 0 Å². The Balaban J connectivity index is 2.36. The maximum Gasteiger partial charge on any atom is 0.419 e. The van der Waals surface area contributed by atoms with Crippen LogP contribution in [0, 0.1) is 0 Å². The van der Waals surface area contributed by atoms with E-state index in [4.69, 9.17) is 9.47 Å². The Morgan fingerprint density at radius 3 is 1.38 bits per heavy atom. The number of carbonyl (C=O) groups is 2. The molecule has 0 saturated carbocycles. The Morgan fingerprint density at radius 1 is 0.750 bits per heavy atom. The molecule has 0 amide bonds. The van der Waals surface area contributed by atoms with Crippen LogP contribution in [-0.4, -0.2) is 32.5 Å². The van der Waals surface area contributed by atoms with E-state index in [-0.39, 0.29) is 0 Å². The molecule has 0 aliphatic heterocycles. The third kappa shape index (κ3) is 4.28. The van der Waals surface area contributed by atoms with E-state index in [0.717, 1.165) is 0 Å². The van der Waals surface area contributed by atoms with Crippen LogP contribution >= 0.6 is 0 Å². The smallest absolute Gasteiger partial charge is 0.419 e. The van der Waals surface area contributed by atoms with Gasteiger partial charge in [0.15, 0.2) is 0 Å². The number of carbonyl (C=O) groups excluding carboxylic acids is 2. The van der Waals surface area contributed by atoms with Crippen LogP contribution < -0.4 is 0 Å². The predicted octanol–water partition coefficient (Wildman–Crippen LogP) is 4.52. The average Bonchev–Trinajstić information content (AvgIpc) is 3.03. The van der Waals surface area contributed by atoms with Crippen LogP contribution in [0.1, 0.15) is 41.5 Å². The summed E-state index contributed by atoms with van der Waals surface area (Å²) in [7, 11) is 0. The first-order valence-electron chi connectivity index (χ1n) is 7.80. The van der Waals surface area contributed by atoms with Crippen molar-refractivity contribution < 1.29 is 19.1 Å². The quantitative estimate of drug-likeness (QED) is 0.770. The summed E-state index contributed by atoms with van der Waals surface area (Å²) >= 11 is 0. The number of rotatable bonds is 1. The highest BCUT2D eigenvalue weighted by atomic mass is 16.6. The molecule has 2 heterocycles. The molecule has 0 unspecified atom stereocenters. The van der Waals surface area contributed by atoms with Gasteiger partial charge >= 0.3 is 12.2 Å². The maximum absolute atomic E-state index is 12.4. The zero-order chi connectivity index (χ0) is 18.1. The van der Waals surface area contributed by atoms with Crippen molar-refractivity contribution in [2.24, 2.45) is 0 Å². The van der Waals surface area contributed by atoms with E-state index in [2.05, 4.69) is 0 Å². The van der Waals surface area contributed by atoms with E-state index < -0.39 is 23.4 Å². The Labute approximate surface area is 142 Å². The summed E-state index contributed by atoms with van der Waals surface area (Å²) in [4.78, 5) is 24.7. The fraction of sp³-hybridized carbons (Fsp3) is 0.444. The number of aromatic nitrogens is 2. The molecular formula is C18H24N2O4. The van der Waals surface area contributed by atoms with Crippen LogP contribution in [0.2, 0.25) is 0 Å². The molecule has 24 heavy (non-hydrogen) atoms. The highest BCUT2D eigenvalue weighted by molar-refractivity contribution is 5.82. The second-order valence-corrected chi connectivity index (χ2v) is 7.49. The molecule has 0 N–H and O–H groups in total. The molecule has 2 rings (SSSR count). The summed E-state index contributed by atoms with van der Waals surface area (Å²) in [5.74, 6) is 0.